The van der Waals surface area contributed by atoms with Gasteiger partial charge in [0.2, 0.25) is 5.91 Å². The van der Waals surface area contributed by atoms with Gasteiger partial charge in [-0.25, -0.2) is 14.4 Å². The second-order valence-electron chi connectivity index (χ2n) is 8.43. The highest BCUT2D eigenvalue weighted by atomic mass is 19.1. The SMILES string of the molecule is C.CCN1C(=O)[C@H](C)N(C(C)C)c2nc(CCc3cnn(Cc4ccc(F)cc4)c3)ncc21. The first-order chi connectivity index (χ1) is 15.4. The van der Waals surface area contributed by atoms with Crippen molar-refractivity contribution in [2.24, 2.45) is 0 Å². The van der Waals surface area contributed by atoms with Gasteiger partial charge >= 0.3 is 0 Å². The monoisotopic (exact) mass is 452 g/mol. The van der Waals surface area contributed by atoms with Gasteiger partial charge < -0.3 is 9.80 Å². The standard InChI is InChI=1S/C24H29FN6O.CH4/c1-5-30-21-13-26-22(28-23(21)31(16(2)3)17(4)24(30)32)11-8-19-12-27-29(15-19)14-18-6-9-20(25)10-7-18;/h6-7,9-10,12-13,15-17H,5,8,11,14H2,1-4H3;1H4/t17-;/m0./s1. The Bertz CT molecular complexity index is 1090. The lowest BCUT2D eigenvalue weighted by Gasteiger charge is -2.42. The Morgan fingerprint density at radius 1 is 1.09 bits per heavy atom. The molecule has 0 unspecified atom stereocenters. The highest BCUT2D eigenvalue weighted by molar-refractivity contribution is 6.04. The van der Waals surface area contributed by atoms with Crippen molar-refractivity contribution in [2.45, 2.75) is 66.6 Å². The minimum Gasteiger partial charge on any atom is -0.341 e. The number of aromatic nitrogens is 4. The van der Waals surface area contributed by atoms with Crippen molar-refractivity contribution in [1.29, 1.82) is 0 Å². The van der Waals surface area contributed by atoms with Gasteiger partial charge in [0.05, 0.1) is 18.9 Å². The Hall–Kier alpha value is -3.29. The Labute approximate surface area is 195 Å². The third kappa shape index (κ3) is 5.05. The third-order valence-corrected chi connectivity index (χ3v) is 5.83. The number of benzene rings is 1. The number of hydrogen-bond donors (Lipinski definition) is 0. The molecule has 1 aliphatic rings. The van der Waals surface area contributed by atoms with Gasteiger partial charge in [-0.3, -0.25) is 9.48 Å². The van der Waals surface area contributed by atoms with Crippen LogP contribution >= 0.6 is 0 Å². The van der Waals surface area contributed by atoms with Crippen molar-refractivity contribution in [1.82, 2.24) is 19.7 Å². The number of halogens is 1. The van der Waals surface area contributed by atoms with Gasteiger partial charge in [0.15, 0.2) is 5.82 Å². The summed E-state index contributed by atoms with van der Waals surface area (Å²) in [5, 5.41) is 4.42. The number of rotatable bonds is 7. The van der Waals surface area contributed by atoms with Crippen molar-refractivity contribution in [2.75, 3.05) is 16.3 Å². The minimum atomic E-state index is -0.255. The first-order valence-electron chi connectivity index (χ1n) is 11.1. The molecule has 0 spiro atoms. The molecular weight excluding hydrogens is 419 g/mol. The summed E-state index contributed by atoms with van der Waals surface area (Å²) in [7, 11) is 0. The van der Waals surface area contributed by atoms with E-state index >= 15 is 0 Å². The van der Waals surface area contributed by atoms with Gasteiger partial charge in [-0.2, -0.15) is 5.10 Å². The van der Waals surface area contributed by atoms with E-state index in [4.69, 9.17) is 4.98 Å². The lowest BCUT2D eigenvalue weighted by molar-refractivity contribution is -0.120. The van der Waals surface area contributed by atoms with E-state index in [-0.39, 0.29) is 31.2 Å². The summed E-state index contributed by atoms with van der Waals surface area (Å²) in [6.07, 6.45) is 7.06. The van der Waals surface area contributed by atoms with Crippen LogP contribution < -0.4 is 9.80 Å². The van der Waals surface area contributed by atoms with E-state index in [2.05, 4.69) is 28.8 Å². The number of fused-ring (bicyclic) bond motifs is 1. The molecule has 0 N–H and O–H groups in total. The Balaban J connectivity index is 0.00000306. The largest absolute Gasteiger partial charge is 0.341 e. The van der Waals surface area contributed by atoms with E-state index in [9.17, 15) is 9.18 Å². The molecule has 0 saturated carbocycles. The van der Waals surface area contributed by atoms with Crippen LogP contribution in [-0.2, 0) is 24.2 Å². The van der Waals surface area contributed by atoms with Crippen molar-refractivity contribution < 1.29 is 9.18 Å². The fourth-order valence-corrected chi connectivity index (χ4v) is 4.22. The molecule has 1 aromatic carbocycles. The Morgan fingerprint density at radius 3 is 2.48 bits per heavy atom. The number of amides is 1. The van der Waals surface area contributed by atoms with Gasteiger partial charge in [-0.05, 0) is 57.4 Å². The highest BCUT2D eigenvalue weighted by Crippen LogP contribution is 2.35. The average molecular weight is 453 g/mol. The number of anilines is 2. The smallest absolute Gasteiger partial charge is 0.249 e. The van der Waals surface area contributed by atoms with Crippen LogP contribution in [0.15, 0.2) is 42.9 Å². The number of likely N-dealkylation sites (N-methyl/N-ethyl adjacent to an activating group) is 1. The molecule has 3 aromatic rings. The number of hydrogen-bond acceptors (Lipinski definition) is 5. The molecule has 1 amide bonds. The molecule has 2 aromatic heterocycles. The number of carbonyl (C=O) groups excluding carboxylic acids is 1. The third-order valence-electron chi connectivity index (χ3n) is 5.83. The zero-order valence-corrected chi connectivity index (χ0v) is 19.0. The zero-order valence-electron chi connectivity index (χ0n) is 19.0. The van der Waals surface area contributed by atoms with E-state index in [1.165, 1.54) is 12.1 Å². The Kier molecular flexibility index (Phi) is 7.46. The molecule has 0 aliphatic carbocycles. The van der Waals surface area contributed by atoms with Crippen molar-refractivity contribution in [3.05, 3.63) is 65.6 Å². The van der Waals surface area contributed by atoms with Crippen molar-refractivity contribution >= 4 is 17.4 Å². The van der Waals surface area contributed by atoms with E-state index in [0.717, 1.165) is 34.9 Å². The lowest BCUT2D eigenvalue weighted by atomic mass is 10.1. The van der Waals surface area contributed by atoms with Gasteiger partial charge in [-0.15, -0.1) is 0 Å². The van der Waals surface area contributed by atoms with Gasteiger partial charge in [-0.1, -0.05) is 19.6 Å². The van der Waals surface area contributed by atoms with Gasteiger partial charge in [0.1, 0.15) is 23.4 Å². The summed E-state index contributed by atoms with van der Waals surface area (Å²) in [6, 6.07) is 6.35. The number of aryl methyl sites for hydroxylation is 2. The van der Waals surface area contributed by atoms with Crippen LogP contribution in [0.3, 0.4) is 0 Å². The van der Waals surface area contributed by atoms with Crippen molar-refractivity contribution in [3.63, 3.8) is 0 Å². The normalized spacial score (nSPS) is 15.6. The molecule has 0 saturated heterocycles. The molecule has 3 heterocycles. The van der Waals surface area contributed by atoms with E-state index < -0.39 is 0 Å². The first kappa shape index (κ1) is 24.4. The summed E-state index contributed by atoms with van der Waals surface area (Å²) in [5.74, 6) is 1.42. The topological polar surface area (TPSA) is 67.2 Å². The molecule has 0 radical (unpaired) electrons. The quantitative estimate of drug-likeness (QED) is 0.536. The highest BCUT2D eigenvalue weighted by Gasteiger charge is 2.37. The molecule has 176 valence electrons. The average Bonchev–Trinajstić information content (AvgIpc) is 3.22. The van der Waals surface area contributed by atoms with E-state index in [1.54, 1.807) is 23.2 Å². The fraction of sp³-hybridized carbons (Fsp3) is 0.440. The van der Waals surface area contributed by atoms with Crippen LogP contribution in [0, 0.1) is 5.82 Å². The number of nitrogens with zero attached hydrogens (tertiary/aromatic N) is 6. The fourth-order valence-electron chi connectivity index (χ4n) is 4.22. The second kappa shape index (κ2) is 10.1. The summed E-state index contributed by atoms with van der Waals surface area (Å²) in [6.45, 7) is 9.25. The second-order valence-corrected chi connectivity index (χ2v) is 8.43. The lowest BCUT2D eigenvalue weighted by Crippen LogP contribution is -2.54. The van der Waals surface area contributed by atoms with Crippen LogP contribution in [0.5, 0.6) is 0 Å². The summed E-state index contributed by atoms with van der Waals surface area (Å²) >= 11 is 0. The summed E-state index contributed by atoms with van der Waals surface area (Å²) in [5.41, 5.74) is 2.87. The molecule has 8 heteroatoms. The maximum atomic E-state index is 13.1. The molecule has 1 atom stereocenters. The molecule has 33 heavy (non-hydrogen) atoms. The predicted molar refractivity (Wildman–Crippen MR) is 129 cm³/mol. The van der Waals surface area contributed by atoms with E-state index in [1.807, 2.05) is 30.9 Å². The number of carbonyl (C=O) groups is 1. The maximum absolute atomic E-state index is 13.1. The molecule has 7 nitrogen and oxygen atoms in total. The summed E-state index contributed by atoms with van der Waals surface area (Å²) in [4.78, 5) is 26.0. The predicted octanol–water partition coefficient (Wildman–Crippen LogP) is 4.25. The molecule has 4 rings (SSSR count). The van der Waals surface area contributed by atoms with Crippen LogP contribution in [0.1, 0.15) is 52.1 Å². The molecular formula is C25H33FN6O. The summed E-state index contributed by atoms with van der Waals surface area (Å²) < 4.78 is 14.9. The van der Waals surface area contributed by atoms with Crippen LogP contribution in [-0.4, -0.2) is 44.3 Å². The zero-order chi connectivity index (χ0) is 22.8. The van der Waals surface area contributed by atoms with Crippen LogP contribution in [0.2, 0.25) is 0 Å². The van der Waals surface area contributed by atoms with Crippen molar-refractivity contribution in [3.8, 4) is 0 Å². The minimum absolute atomic E-state index is 0. The molecule has 0 bridgehead atoms. The van der Waals surface area contributed by atoms with E-state index in [0.29, 0.717) is 19.5 Å². The first-order valence-corrected chi connectivity index (χ1v) is 11.1. The van der Waals surface area contributed by atoms with Crippen LogP contribution in [0.4, 0.5) is 15.9 Å². The molecule has 0 fully saturated rings. The van der Waals surface area contributed by atoms with Gasteiger partial charge in [0.25, 0.3) is 0 Å². The Morgan fingerprint density at radius 2 is 1.82 bits per heavy atom. The van der Waals surface area contributed by atoms with Crippen LogP contribution in [0.25, 0.3) is 0 Å². The maximum Gasteiger partial charge on any atom is 0.249 e. The molecule has 1 aliphatic heterocycles. The van der Waals surface area contributed by atoms with Gasteiger partial charge in [0, 0.05) is 25.2 Å².